The SMILES string of the molecule is COc1ccc(C2=NN(C3CCN(C[C@H](N)CC(=O)C(=O)N(C)C)CC3)C(=O)C(C)(C)C2)cc1OC. The number of hydrogen-bond donors (Lipinski definition) is 1. The summed E-state index contributed by atoms with van der Waals surface area (Å²) in [6.07, 6.45) is 2.06. The Morgan fingerprint density at radius 1 is 1.17 bits per heavy atom. The maximum Gasteiger partial charge on any atom is 0.289 e. The predicted octanol–water partition coefficient (Wildman–Crippen LogP) is 1.51. The van der Waals surface area contributed by atoms with E-state index in [4.69, 9.17) is 20.3 Å². The molecule has 36 heavy (non-hydrogen) atoms. The van der Waals surface area contributed by atoms with Gasteiger partial charge >= 0.3 is 0 Å². The van der Waals surface area contributed by atoms with Crippen molar-refractivity contribution in [1.82, 2.24) is 14.8 Å². The summed E-state index contributed by atoms with van der Waals surface area (Å²) < 4.78 is 10.8. The van der Waals surface area contributed by atoms with E-state index in [9.17, 15) is 14.4 Å². The van der Waals surface area contributed by atoms with Crippen molar-refractivity contribution in [2.45, 2.75) is 51.6 Å². The van der Waals surface area contributed by atoms with Crippen molar-refractivity contribution in [3.63, 3.8) is 0 Å². The average molecular weight is 502 g/mol. The van der Waals surface area contributed by atoms with Crippen molar-refractivity contribution >= 4 is 23.3 Å². The van der Waals surface area contributed by atoms with Crippen LogP contribution in [0.5, 0.6) is 11.5 Å². The first-order valence-corrected chi connectivity index (χ1v) is 12.3. The standard InChI is InChI=1S/C26H39N5O5/c1-26(2)15-20(17-7-8-22(35-5)23(13-17)36-6)28-31(25(26)34)19-9-11-30(12-10-19)16-18(27)14-21(32)24(33)29(3)4/h7-8,13,18-19H,9-12,14-16,27H2,1-6H3/t18-/m1/s1. The van der Waals surface area contributed by atoms with Crippen molar-refractivity contribution in [3.8, 4) is 11.5 Å². The van der Waals surface area contributed by atoms with Crippen molar-refractivity contribution in [1.29, 1.82) is 0 Å². The molecule has 2 amide bonds. The number of carbonyl (C=O) groups excluding carboxylic acids is 3. The molecule has 0 bridgehead atoms. The number of likely N-dealkylation sites (tertiary alicyclic amines) is 1. The molecular formula is C26H39N5O5. The molecule has 1 fully saturated rings. The van der Waals surface area contributed by atoms with Crippen molar-refractivity contribution < 1.29 is 23.9 Å². The van der Waals surface area contributed by atoms with Crippen LogP contribution < -0.4 is 15.2 Å². The number of benzene rings is 1. The van der Waals surface area contributed by atoms with Crippen LogP contribution in [0.1, 0.15) is 45.1 Å². The molecular weight excluding hydrogens is 462 g/mol. The lowest BCUT2D eigenvalue weighted by Crippen LogP contribution is -2.53. The molecule has 2 aliphatic heterocycles. The predicted molar refractivity (Wildman–Crippen MR) is 137 cm³/mol. The fourth-order valence-corrected chi connectivity index (χ4v) is 4.76. The number of ketones is 1. The summed E-state index contributed by atoms with van der Waals surface area (Å²) in [7, 11) is 6.30. The third-order valence-electron chi connectivity index (χ3n) is 6.83. The first kappa shape index (κ1) is 27.6. The monoisotopic (exact) mass is 501 g/mol. The molecule has 10 heteroatoms. The van der Waals surface area contributed by atoms with Crippen LogP contribution >= 0.6 is 0 Å². The fraction of sp³-hybridized carbons (Fsp3) is 0.615. The number of hydrazone groups is 1. The molecule has 2 heterocycles. The summed E-state index contributed by atoms with van der Waals surface area (Å²) in [5, 5.41) is 6.49. The maximum atomic E-state index is 13.3. The van der Waals surface area contributed by atoms with E-state index in [-0.39, 0.29) is 18.4 Å². The highest BCUT2D eigenvalue weighted by Crippen LogP contribution is 2.36. The number of amides is 2. The third kappa shape index (κ3) is 6.22. The zero-order chi connectivity index (χ0) is 26.6. The van der Waals surface area contributed by atoms with Crippen LogP contribution in [0.25, 0.3) is 0 Å². The van der Waals surface area contributed by atoms with Gasteiger partial charge in [-0.3, -0.25) is 14.4 Å². The van der Waals surface area contributed by atoms with E-state index in [2.05, 4.69) is 4.90 Å². The number of ether oxygens (including phenoxy) is 2. The van der Waals surface area contributed by atoms with Crippen LogP contribution in [-0.4, -0.2) is 98.2 Å². The lowest BCUT2D eigenvalue weighted by Gasteiger charge is -2.42. The number of nitrogens with zero attached hydrogens (tertiary/aromatic N) is 4. The van der Waals surface area contributed by atoms with Gasteiger partial charge < -0.3 is 25.0 Å². The molecule has 198 valence electrons. The number of piperidine rings is 1. The molecule has 2 N–H and O–H groups in total. The van der Waals surface area contributed by atoms with Gasteiger partial charge in [-0.1, -0.05) is 13.8 Å². The molecule has 1 aromatic carbocycles. The van der Waals surface area contributed by atoms with Gasteiger partial charge in [-0.2, -0.15) is 5.10 Å². The number of likely N-dealkylation sites (N-methyl/N-ethyl adjacent to an activating group) is 1. The molecule has 0 spiro atoms. The summed E-state index contributed by atoms with van der Waals surface area (Å²) >= 11 is 0. The number of hydrogen-bond acceptors (Lipinski definition) is 8. The second-order valence-corrected chi connectivity index (χ2v) is 10.4. The minimum Gasteiger partial charge on any atom is -0.493 e. The van der Waals surface area contributed by atoms with E-state index in [1.54, 1.807) is 33.3 Å². The summed E-state index contributed by atoms with van der Waals surface area (Å²) in [5.74, 6) is 0.284. The van der Waals surface area contributed by atoms with Crippen molar-refractivity contribution in [2.75, 3.05) is 47.9 Å². The van der Waals surface area contributed by atoms with Gasteiger partial charge in [-0.15, -0.1) is 0 Å². The summed E-state index contributed by atoms with van der Waals surface area (Å²) in [6, 6.07) is 5.26. The van der Waals surface area contributed by atoms with Crippen LogP contribution in [0.15, 0.2) is 23.3 Å². The lowest BCUT2D eigenvalue weighted by atomic mass is 9.82. The van der Waals surface area contributed by atoms with E-state index in [1.165, 1.54) is 4.90 Å². The van der Waals surface area contributed by atoms with Gasteiger partial charge in [0.15, 0.2) is 11.5 Å². The number of Topliss-reactive ketones (excluding diaryl/α,β-unsaturated/α-hetero) is 1. The largest absolute Gasteiger partial charge is 0.493 e. The molecule has 1 saturated heterocycles. The Morgan fingerprint density at radius 3 is 2.39 bits per heavy atom. The normalized spacial score (nSPS) is 19.5. The smallest absolute Gasteiger partial charge is 0.289 e. The van der Waals surface area contributed by atoms with E-state index in [0.717, 1.165) is 37.2 Å². The molecule has 0 radical (unpaired) electrons. The molecule has 1 aromatic rings. The highest BCUT2D eigenvalue weighted by atomic mass is 16.5. The Kier molecular flexibility index (Phi) is 8.73. The lowest BCUT2D eigenvalue weighted by molar-refractivity contribution is -0.144. The molecule has 1 atom stereocenters. The van der Waals surface area contributed by atoms with Gasteiger partial charge in [0.25, 0.3) is 5.91 Å². The van der Waals surface area contributed by atoms with Crippen LogP contribution in [0.4, 0.5) is 0 Å². The molecule has 0 aromatic heterocycles. The number of methoxy groups -OCH3 is 2. The van der Waals surface area contributed by atoms with E-state index in [1.807, 2.05) is 32.0 Å². The van der Waals surface area contributed by atoms with Gasteiger partial charge in [-0.05, 0) is 31.0 Å². The van der Waals surface area contributed by atoms with Crippen molar-refractivity contribution in [2.24, 2.45) is 16.3 Å². The maximum absolute atomic E-state index is 13.3. The Labute approximate surface area is 213 Å². The first-order chi connectivity index (χ1) is 17.0. The Bertz CT molecular complexity index is 1010. The zero-order valence-corrected chi connectivity index (χ0v) is 22.2. The summed E-state index contributed by atoms with van der Waals surface area (Å²) in [6.45, 7) is 5.91. The van der Waals surface area contributed by atoms with E-state index in [0.29, 0.717) is 24.5 Å². The molecule has 0 unspecified atom stereocenters. The number of carbonyl (C=O) groups is 3. The number of rotatable bonds is 9. The molecule has 2 aliphatic rings. The van der Waals surface area contributed by atoms with Crippen LogP contribution in [0, 0.1) is 5.41 Å². The van der Waals surface area contributed by atoms with Crippen molar-refractivity contribution in [3.05, 3.63) is 23.8 Å². The van der Waals surface area contributed by atoms with Gasteiger partial charge in [-0.25, -0.2) is 5.01 Å². The van der Waals surface area contributed by atoms with Crippen LogP contribution in [-0.2, 0) is 14.4 Å². The quantitative estimate of drug-likeness (QED) is 0.510. The zero-order valence-electron chi connectivity index (χ0n) is 22.2. The molecule has 3 rings (SSSR count). The highest BCUT2D eigenvalue weighted by Gasteiger charge is 2.41. The minimum atomic E-state index is -0.580. The van der Waals surface area contributed by atoms with Gasteiger partial charge in [0.2, 0.25) is 11.7 Å². The van der Waals surface area contributed by atoms with Gasteiger partial charge in [0.1, 0.15) is 0 Å². The third-order valence-corrected chi connectivity index (χ3v) is 6.83. The molecule has 10 nitrogen and oxygen atoms in total. The minimum absolute atomic E-state index is 0.0170. The Balaban J connectivity index is 1.68. The van der Waals surface area contributed by atoms with Gasteiger partial charge in [0, 0.05) is 58.2 Å². The Hall–Kier alpha value is -2.98. The highest BCUT2D eigenvalue weighted by molar-refractivity contribution is 6.36. The summed E-state index contributed by atoms with van der Waals surface area (Å²) in [5.41, 5.74) is 7.33. The van der Waals surface area contributed by atoms with Crippen LogP contribution in [0.2, 0.25) is 0 Å². The Morgan fingerprint density at radius 2 is 1.81 bits per heavy atom. The molecule has 0 aliphatic carbocycles. The summed E-state index contributed by atoms with van der Waals surface area (Å²) in [4.78, 5) is 40.6. The second-order valence-electron chi connectivity index (χ2n) is 10.4. The first-order valence-electron chi connectivity index (χ1n) is 12.3. The van der Waals surface area contributed by atoms with Gasteiger partial charge in [0.05, 0.1) is 31.4 Å². The molecule has 0 saturated carbocycles. The fourth-order valence-electron chi connectivity index (χ4n) is 4.76. The second kappa shape index (κ2) is 11.4. The van der Waals surface area contributed by atoms with E-state index >= 15 is 0 Å². The number of nitrogens with two attached hydrogens (primary N) is 1. The van der Waals surface area contributed by atoms with E-state index < -0.39 is 23.1 Å². The average Bonchev–Trinajstić information content (AvgIpc) is 2.84. The topological polar surface area (TPSA) is 118 Å². The van der Waals surface area contributed by atoms with Crippen LogP contribution in [0.3, 0.4) is 0 Å².